The van der Waals surface area contributed by atoms with Gasteiger partial charge in [0.1, 0.15) is 0 Å². The lowest BCUT2D eigenvalue weighted by molar-refractivity contribution is -0.0314. The molecule has 0 aromatic rings. The highest BCUT2D eigenvalue weighted by Gasteiger charge is 2.38. The van der Waals surface area contributed by atoms with Gasteiger partial charge in [-0.25, -0.2) is 0 Å². The first-order valence-corrected chi connectivity index (χ1v) is 13.3. The van der Waals surface area contributed by atoms with E-state index in [2.05, 4.69) is 76.2 Å². The number of hydrogen-bond donors (Lipinski definition) is 0. The van der Waals surface area contributed by atoms with Crippen LogP contribution in [0.15, 0.2) is 0 Å². The Kier molecular flexibility index (Phi) is 17.8. The fourth-order valence-electron chi connectivity index (χ4n) is 4.49. The van der Waals surface area contributed by atoms with Crippen LogP contribution in [0.1, 0.15) is 117 Å². The maximum atomic E-state index is 5.78. The van der Waals surface area contributed by atoms with Crippen LogP contribution in [0.5, 0.6) is 0 Å². The first kappa shape index (κ1) is 36.2. The van der Waals surface area contributed by atoms with Gasteiger partial charge in [-0.15, -0.1) is 0 Å². The zero-order chi connectivity index (χ0) is 24.5. The molecule has 1 atom stereocenters. The van der Waals surface area contributed by atoms with Crippen LogP contribution >= 0.6 is 0 Å². The van der Waals surface area contributed by atoms with Gasteiger partial charge in [0.15, 0.2) is 0 Å². The average molecular weight is 482 g/mol. The smallest absolute Gasteiger partial charge is 0.436 e. The van der Waals surface area contributed by atoms with Crippen LogP contribution in [-0.4, -0.2) is 45.9 Å². The molecule has 0 amide bonds. The van der Waals surface area contributed by atoms with Crippen molar-refractivity contribution in [3.8, 4) is 0 Å². The van der Waals surface area contributed by atoms with Gasteiger partial charge in [0.05, 0.1) is 5.60 Å². The van der Waals surface area contributed by atoms with Crippen LogP contribution in [0, 0.1) is 5.41 Å². The van der Waals surface area contributed by atoms with E-state index in [0.717, 1.165) is 19.6 Å². The van der Waals surface area contributed by atoms with E-state index in [-0.39, 0.29) is 27.6 Å². The molecule has 0 saturated carbocycles. The molecule has 3 aliphatic heterocycles. The van der Waals surface area contributed by atoms with Crippen LogP contribution in [0.3, 0.4) is 0 Å². The van der Waals surface area contributed by atoms with E-state index in [4.69, 9.17) is 18.6 Å². The average Bonchev–Trinajstić information content (AvgIpc) is 2.68. The Morgan fingerprint density at radius 2 is 1.32 bits per heavy atom. The SMILES string of the molecule is C.C.CC(C)B1CCC(C)(C)CO1.CC(C)B1CCCCO1.CC1CC(C)(C)OB(C(C)C)O1. The Hall–Kier alpha value is 0.0348. The topological polar surface area (TPSA) is 36.9 Å². The predicted molar refractivity (Wildman–Crippen MR) is 155 cm³/mol. The van der Waals surface area contributed by atoms with Crippen molar-refractivity contribution >= 4 is 20.9 Å². The van der Waals surface area contributed by atoms with Crippen molar-refractivity contribution in [2.75, 3.05) is 13.2 Å². The van der Waals surface area contributed by atoms with Gasteiger partial charge in [-0.2, -0.15) is 0 Å². The standard InChI is InChI=1S/C9H19BO2.C9H19BO.C7H15BO.2CH4/c1-7(2)10-11-8(3)6-9(4,5)12-10;1-8(2)10-6-5-9(3,4)7-11-10;1-7(2)8-5-3-4-6-9-8;;/h7-8H,6H2,1-5H3;8H,5-7H2,1-4H3;7H,3-6H2,1-2H3;2*1H4. The maximum Gasteiger partial charge on any atom is 0.460 e. The second-order valence-corrected chi connectivity index (χ2v) is 12.6. The van der Waals surface area contributed by atoms with E-state index >= 15 is 0 Å². The maximum absolute atomic E-state index is 5.78. The van der Waals surface area contributed by atoms with Crippen molar-refractivity contribution in [1.82, 2.24) is 0 Å². The summed E-state index contributed by atoms with van der Waals surface area (Å²) < 4.78 is 22.7. The normalized spacial score (nSPS) is 23.8. The molecule has 202 valence electrons. The molecule has 0 spiro atoms. The number of hydrogen-bond acceptors (Lipinski definition) is 4. The summed E-state index contributed by atoms with van der Waals surface area (Å²) in [6.07, 6.45) is 7.77. The molecule has 3 fully saturated rings. The summed E-state index contributed by atoms with van der Waals surface area (Å²) in [6, 6.07) is 0. The molecule has 3 rings (SSSR count). The Balaban J connectivity index is 0. The molecule has 0 aromatic heterocycles. The second kappa shape index (κ2) is 16.7. The van der Waals surface area contributed by atoms with E-state index in [9.17, 15) is 0 Å². The highest BCUT2D eigenvalue weighted by Crippen LogP contribution is 2.32. The summed E-state index contributed by atoms with van der Waals surface area (Å²) in [5, 5.41) is 0. The van der Waals surface area contributed by atoms with Crippen molar-refractivity contribution in [3.05, 3.63) is 0 Å². The Morgan fingerprint density at radius 1 is 0.765 bits per heavy atom. The predicted octanol–water partition coefficient (Wildman–Crippen LogP) is 8.79. The lowest BCUT2D eigenvalue weighted by Crippen LogP contribution is -2.47. The zero-order valence-electron chi connectivity index (χ0n) is 23.3. The Labute approximate surface area is 216 Å². The van der Waals surface area contributed by atoms with Crippen LogP contribution in [0.2, 0.25) is 30.1 Å². The summed E-state index contributed by atoms with van der Waals surface area (Å²) >= 11 is 0. The minimum atomic E-state index is -0.0243. The van der Waals surface area contributed by atoms with Gasteiger partial charge in [-0.3, -0.25) is 0 Å². The summed E-state index contributed by atoms with van der Waals surface area (Å²) in [6.45, 7) is 27.1. The first-order chi connectivity index (χ1) is 14.7. The molecule has 0 radical (unpaired) electrons. The minimum Gasteiger partial charge on any atom is -0.436 e. The summed E-state index contributed by atoms with van der Waals surface area (Å²) in [7, 11) is -0.0243. The summed E-state index contributed by atoms with van der Waals surface area (Å²) in [5.74, 6) is 1.84. The van der Waals surface area contributed by atoms with Gasteiger partial charge in [0.25, 0.3) is 13.8 Å². The van der Waals surface area contributed by atoms with E-state index < -0.39 is 0 Å². The van der Waals surface area contributed by atoms with Crippen LogP contribution in [0.25, 0.3) is 0 Å². The summed E-state index contributed by atoms with van der Waals surface area (Å²) in [4.78, 5) is 0. The fraction of sp³-hybridized carbons (Fsp3) is 1.00. The third-order valence-electron chi connectivity index (χ3n) is 6.62. The molecule has 4 nitrogen and oxygen atoms in total. The molecule has 0 bridgehead atoms. The highest BCUT2D eigenvalue weighted by molar-refractivity contribution is 6.53. The third-order valence-corrected chi connectivity index (χ3v) is 6.62. The zero-order valence-corrected chi connectivity index (χ0v) is 23.3. The monoisotopic (exact) mass is 482 g/mol. The molecule has 0 aromatic carbocycles. The molecule has 3 aliphatic rings. The van der Waals surface area contributed by atoms with Gasteiger partial charge >= 0.3 is 7.12 Å². The fourth-order valence-corrected chi connectivity index (χ4v) is 4.49. The molecule has 0 aliphatic carbocycles. The lowest BCUT2D eigenvalue weighted by Gasteiger charge is -2.39. The molecule has 34 heavy (non-hydrogen) atoms. The number of rotatable bonds is 3. The largest absolute Gasteiger partial charge is 0.460 e. The molecular weight excluding hydrogens is 421 g/mol. The molecule has 0 N–H and O–H groups in total. The van der Waals surface area contributed by atoms with Gasteiger partial charge in [-0.05, 0) is 69.1 Å². The van der Waals surface area contributed by atoms with Crippen LogP contribution < -0.4 is 0 Å². The van der Waals surface area contributed by atoms with E-state index in [1.807, 2.05) is 0 Å². The van der Waals surface area contributed by atoms with Crippen molar-refractivity contribution in [3.63, 3.8) is 0 Å². The first-order valence-electron chi connectivity index (χ1n) is 13.3. The molecule has 7 heteroatoms. The van der Waals surface area contributed by atoms with Crippen molar-refractivity contribution < 1.29 is 18.6 Å². The highest BCUT2D eigenvalue weighted by atomic mass is 16.6. The van der Waals surface area contributed by atoms with E-state index in [0.29, 0.717) is 42.8 Å². The summed E-state index contributed by atoms with van der Waals surface area (Å²) in [5.41, 5.74) is 0.401. The van der Waals surface area contributed by atoms with Gasteiger partial charge in [-0.1, -0.05) is 83.1 Å². The van der Waals surface area contributed by atoms with Gasteiger partial charge in [0.2, 0.25) is 0 Å². The third kappa shape index (κ3) is 14.6. The van der Waals surface area contributed by atoms with Crippen LogP contribution in [0.4, 0.5) is 0 Å². The molecule has 1 unspecified atom stereocenters. The molecule has 3 saturated heterocycles. The quantitative estimate of drug-likeness (QED) is 0.377. The Bertz CT molecular complexity index is 496. The lowest BCUT2D eigenvalue weighted by atomic mass is 9.51. The molecular formula is C27H61B3O4. The van der Waals surface area contributed by atoms with Crippen molar-refractivity contribution in [2.24, 2.45) is 5.41 Å². The second-order valence-electron chi connectivity index (χ2n) is 12.6. The van der Waals surface area contributed by atoms with E-state index in [1.165, 1.54) is 31.9 Å². The van der Waals surface area contributed by atoms with E-state index in [1.54, 1.807) is 0 Å². The van der Waals surface area contributed by atoms with Crippen molar-refractivity contribution in [1.29, 1.82) is 0 Å². The molecule has 3 heterocycles. The van der Waals surface area contributed by atoms with Gasteiger partial charge in [0, 0.05) is 19.3 Å². The van der Waals surface area contributed by atoms with Crippen LogP contribution in [-0.2, 0) is 18.6 Å². The van der Waals surface area contributed by atoms with Gasteiger partial charge < -0.3 is 18.6 Å². The van der Waals surface area contributed by atoms with Crippen molar-refractivity contribution in [2.45, 2.75) is 158 Å². The minimum absolute atomic E-state index is 0. The Morgan fingerprint density at radius 3 is 1.68 bits per heavy atom.